The van der Waals surface area contributed by atoms with Gasteiger partial charge in [0.2, 0.25) is 0 Å². The summed E-state index contributed by atoms with van der Waals surface area (Å²) in [6.45, 7) is 11.9. The molecule has 19 heavy (non-hydrogen) atoms. The zero-order valence-corrected chi connectivity index (χ0v) is 13.4. The summed E-state index contributed by atoms with van der Waals surface area (Å²) in [7, 11) is 0. The van der Waals surface area contributed by atoms with Gasteiger partial charge in [-0.05, 0) is 68.9 Å². The standard InChI is InChI=1S/C17H34N2/c1-12(2)17(13(3)4)11-18-8-7-14-9-15-5-6-16(10-14)19-15/h12-19H,5-11H2,1-4H3. The van der Waals surface area contributed by atoms with Crippen molar-refractivity contribution >= 4 is 0 Å². The number of hydrogen-bond donors (Lipinski definition) is 2. The van der Waals surface area contributed by atoms with Crippen molar-refractivity contribution in [3.8, 4) is 0 Å². The smallest absolute Gasteiger partial charge is 0.00728 e. The third-order valence-electron chi connectivity index (χ3n) is 5.39. The average molecular weight is 266 g/mol. The van der Waals surface area contributed by atoms with Gasteiger partial charge in [-0.3, -0.25) is 0 Å². The van der Waals surface area contributed by atoms with Gasteiger partial charge < -0.3 is 10.6 Å². The first-order valence-corrected chi connectivity index (χ1v) is 8.53. The minimum atomic E-state index is 0.794. The first kappa shape index (κ1) is 15.3. The molecule has 2 saturated heterocycles. The van der Waals surface area contributed by atoms with Crippen LogP contribution in [-0.4, -0.2) is 25.2 Å². The van der Waals surface area contributed by atoms with Crippen molar-refractivity contribution in [3.63, 3.8) is 0 Å². The van der Waals surface area contributed by atoms with E-state index in [1.807, 2.05) is 0 Å². The van der Waals surface area contributed by atoms with E-state index in [1.165, 1.54) is 45.2 Å². The molecule has 2 fully saturated rings. The van der Waals surface area contributed by atoms with Crippen LogP contribution in [0.15, 0.2) is 0 Å². The molecule has 0 saturated carbocycles. The van der Waals surface area contributed by atoms with Gasteiger partial charge >= 0.3 is 0 Å². The van der Waals surface area contributed by atoms with Crippen molar-refractivity contribution in [3.05, 3.63) is 0 Å². The molecule has 2 unspecified atom stereocenters. The Kier molecular flexibility index (Phi) is 5.70. The Morgan fingerprint density at radius 2 is 1.58 bits per heavy atom. The Morgan fingerprint density at radius 3 is 2.11 bits per heavy atom. The van der Waals surface area contributed by atoms with E-state index < -0.39 is 0 Å². The summed E-state index contributed by atoms with van der Waals surface area (Å²) >= 11 is 0. The lowest BCUT2D eigenvalue weighted by Gasteiger charge is -2.30. The summed E-state index contributed by atoms with van der Waals surface area (Å²) < 4.78 is 0. The molecule has 0 spiro atoms. The molecule has 2 N–H and O–H groups in total. The summed E-state index contributed by atoms with van der Waals surface area (Å²) in [4.78, 5) is 0. The fourth-order valence-corrected chi connectivity index (χ4v) is 4.23. The first-order valence-electron chi connectivity index (χ1n) is 8.53. The minimum Gasteiger partial charge on any atom is -0.316 e. The van der Waals surface area contributed by atoms with Crippen molar-refractivity contribution in [1.82, 2.24) is 10.6 Å². The largest absolute Gasteiger partial charge is 0.316 e. The van der Waals surface area contributed by atoms with E-state index in [-0.39, 0.29) is 0 Å². The molecule has 2 atom stereocenters. The summed E-state index contributed by atoms with van der Waals surface area (Å²) in [5, 5.41) is 7.46. The van der Waals surface area contributed by atoms with Gasteiger partial charge in [0.05, 0.1) is 0 Å². The van der Waals surface area contributed by atoms with Crippen LogP contribution < -0.4 is 10.6 Å². The summed E-state index contributed by atoms with van der Waals surface area (Å²) in [6, 6.07) is 1.70. The second-order valence-corrected chi connectivity index (χ2v) is 7.62. The van der Waals surface area contributed by atoms with Crippen molar-refractivity contribution < 1.29 is 0 Å². The molecule has 0 aromatic rings. The quantitative estimate of drug-likeness (QED) is 0.690. The van der Waals surface area contributed by atoms with Crippen LogP contribution in [0.1, 0.15) is 59.8 Å². The molecule has 2 heterocycles. The molecule has 2 heteroatoms. The number of piperidine rings is 1. The Hall–Kier alpha value is -0.0800. The first-order chi connectivity index (χ1) is 9.06. The molecule has 0 radical (unpaired) electrons. The highest BCUT2D eigenvalue weighted by atomic mass is 15.0. The van der Waals surface area contributed by atoms with E-state index in [1.54, 1.807) is 0 Å². The fraction of sp³-hybridized carbons (Fsp3) is 1.00. The van der Waals surface area contributed by atoms with E-state index in [2.05, 4.69) is 38.3 Å². The Morgan fingerprint density at radius 1 is 1.00 bits per heavy atom. The van der Waals surface area contributed by atoms with Crippen molar-refractivity contribution in [2.24, 2.45) is 23.7 Å². The van der Waals surface area contributed by atoms with Gasteiger partial charge in [-0.2, -0.15) is 0 Å². The van der Waals surface area contributed by atoms with Crippen LogP contribution in [0.5, 0.6) is 0 Å². The lowest BCUT2D eigenvalue weighted by molar-refractivity contribution is 0.258. The maximum atomic E-state index is 3.74. The zero-order valence-electron chi connectivity index (χ0n) is 13.4. The SMILES string of the molecule is CC(C)C(CNCCC1CC2CCC(C1)N2)C(C)C. The predicted molar refractivity (Wildman–Crippen MR) is 83.3 cm³/mol. The zero-order chi connectivity index (χ0) is 13.8. The summed E-state index contributed by atoms with van der Waals surface area (Å²) in [5.41, 5.74) is 0. The van der Waals surface area contributed by atoms with Crippen molar-refractivity contribution in [1.29, 1.82) is 0 Å². The highest BCUT2D eigenvalue weighted by Gasteiger charge is 2.32. The fourth-order valence-electron chi connectivity index (χ4n) is 4.23. The molecular weight excluding hydrogens is 232 g/mol. The number of nitrogens with one attached hydrogen (secondary N) is 2. The van der Waals surface area contributed by atoms with Gasteiger partial charge in [0.25, 0.3) is 0 Å². The molecule has 0 aliphatic carbocycles. The molecule has 2 aliphatic heterocycles. The lowest BCUT2D eigenvalue weighted by atomic mass is 9.85. The van der Waals surface area contributed by atoms with Crippen LogP contribution >= 0.6 is 0 Å². The number of fused-ring (bicyclic) bond motifs is 2. The van der Waals surface area contributed by atoms with Crippen LogP contribution in [0.25, 0.3) is 0 Å². The van der Waals surface area contributed by atoms with Gasteiger partial charge in [0, 0.05) is 12.1 Å². The summed E-state index contributed by atoms with van der Waals surface area (Å²) in [5.74, 6) is 3.39. The van der Waals surface area contributed by atoms with Crippen LogP contribution in [0.4, 0.5) is 0 Å². The third kappa shape index (κ3) is 4.46. The topological polar surface area (TPSA) is 24.1 Å². The van der Waals surface area contributed by atoms with Gasteiger partial charge in [-0.25, -0.2) is 0 Å². The van der Waals surface area contributed by atoms with Crippen LogP contribution in [0, 0.1) is 23.7 Å². The lowest BCUT2D eigenvalue weighted by Crippen LogP contribution is -2.39. The maximum absolute atomic E-state index is 3.74. The van der Waals surface area contributed by atoms with Crippen LogP contribution in [0.3, 0.4) is 0 Å². The number of rotatable bonds is 7. The normalized spacial score (nSPS) is 30.8. The van der Waals surface area contributed by atoms with E-state index in [0.29, 0.717) is 0 Å². The average Bonchev–Trinajstić information content (AvgIpc) is 2.67. The molecule has 0 aromatic heterocycles. The molecule has 2 nitrogen and oxygen atoms in total. The van der Waals surface area contributed by atoms with Gasteiger partial charge in [-0.1, -0.05) is 27.7 Å². The van der Waals surface area contributed by atoms with Crippen LogP contribution in [-0.2, 0) is 0 Å². The minimum absolute atomic E-state index is 0.794. The van der Waals surface area contributed by atoms with Gasteiger partial charge in [-0.15, -0.1) is 0 Å². The van der Waals surface area contributed by atoms with Crippen LogP contribution in [0.2, 0.25) is 0 Å². The van der Waals surface area contributed by atoms with Crippen molar-refractivity contribution in [2.45, 2.75) is 71.9 Å². The Balaban J connectivity index is 1.61. The highest BCUT2D eigenvalue weighted by molar-refractivity contribution is 4.92. The van der Waals surface area contributed by atoms with E-state index >= 15 is 0 Å². The highest BCUT2D eigenvalue weighted by Crippen LogP contribution is 2.32. The van der Waals surface area contributed by atoms with E-state index in [0.717, 1.165) is 35.8 Å². The maximum Gasteiger partial charge on any atom is 0.00728 e. The van der Waals surface area contributed by atoms with E-state index in [9.17, 15) is 0 Å². The van der Waals surface area contributed by atoms with Gasteiger partial charge in [0.15, 0.2) is 0 Å². The molecule has 0 amide bonds. The second kappa shape index (κ2) is 7.08. The van der Waals surface area contributed by atoms with Gasteiger partial charge in [0.1, 0.15) is 0 Å². The molecule has 0 aromatic carbocycles. The third-order valence-corrected chi connectivity index (χ3v) is 5.39. The molecule has 112 valence electrons. The van der Waals surface area contributed by atoms with E-state index in [4.69, 9.17) is 0 Å². The Labute approximate surface area is 120 Å². The monoisotopic (exact) mass is 266 g/mol. The summed E-state index contributed by atoms with van der Waals surface area (Å²) in [6.07, 6.45) is 7.10. The molecular formula is C17H34N2. The molecule has 2 aliphatic rings. The second-order valence-electron chi connectivity index (χ2n) is 7.62. The molecule has 2 bridgehead atoms. The Bertz CT molecular complexity index is 242. The predicted octanol–water partition coefficient (Wildman–Crippen LogP) is 3.42. The number of hydrogen-bond acceptors (Lipinski definition) is 2. The molecule has 2 rings (SSSR count). The van der Waals surface area contributed by atoms with Crippen molar-refractivity contribution in [2.75, 3.05) is 13.1 Å².